The fourth-order valence-corrected chi connectivity index (χ4v) is 2.98. The molecule has 1 amide bonds. The second-order valence-electron chi connectivity index (χ2n) is 7.21. The van der Waals surface area contributed by atoms with Gasteiger partial charge in [-0.05, 0) is 39.2 Å². The Morgan fingerprint density at radius 3 is 2.79 bits per heavy atom. The van der Waals surface area contributed by atoms with Gasteiger partial charge in [-0.2, -0.15) is 0 Å². The minimum atomic E-state index is -0.496. The van der Waals surface area contributed by atoms with E-state index in [1.165, 1.54) is 5.56 Å². The number of carbonyl (C=O) groups excluding carboxylic acids is 1. The standard InChI is InChI=1S/C19H24N2O3/c1-19(2,3)23-18(22)21-11-7-10-16(21)17-13-15(20-24-17)12-14-8-5-4-6-9-14/h4-6,8-9,13,16H,7,10-12H2,1-3H3. The lowest BCUT2D eigenvalue weighted by atomic mass is 10.1. The first kappa shape index (κ1) is 16.6. The number of hydrogen-bond donors (Lipinski definition) is 0. The molecule has 3 rings (SSSR count). The van der Waals surface area contributed by atoms with Gasteiger partial charge in [0.1, 0.15) is 5.60 Å². The minimum absolute atomic E-state index is 0.0862. The second kappa shape index (κ2) is 6.67. The second-order valence-corrected chi connectivity index (χ2v) is 7.21. The summed E-state index contributed by atoms with van der Waals surface area (Å²) >= 11 is 0. The highest BCUT2D eigenvalue weighted by atomic mass is 16.6. The third-order valence-corrected chi connectivity index (χ3v) is 4.01. The number of hydrogen-bond acceptors (Lipinski definition) is 4. The van der Waals surface area contributed by atoms with Gasteiger partial charge in [-0.1, -0.05) is 35.5 Å². The van der Waals surface area contributed by atoms with Crippen LogP contribution in [-0.4, -0.2) is 28.3 Å². The van der Waals surface area contributed by atoms with E-state index < -0.39 is 5.60 Å². The van der Waals surface area contributed by atoms with E-state index in [9.17, 15) is 4.79 Å². The molecule has 1 aromatic heterocycles. The molecule has 0 aliphatic carbocycles. The van der Waals surface area contributed by atoms with E-state index in [0.717, 1.165) is 30.7 Å². The number of nitrogens with zero attached hydrogens (tertiary/aromatic N) is 2. The van der Waals surface area contributed by atoms with E-state index in [0.29, 0.717) is 6.54 Å². The molecule has 1 aliphatic rings. The molecule has 24 heavy (non-hydrogen) atoms. The average Bonchev–Trinajstić information content (AvgIpc) is 3.15. The summed E-state index contributed by atoms with van der Waals surface area (Å²) in [4.78, 5) is 14.1. The molecule has 2 aromatic rings. The summed E-state index contributed by atoms with van der Waals surface area (Å²) < 4.78 is 11.0. The summed E-state index contributed by atoms with van der Waals surface area (Å²) in [6.45, 7) is 6.32. The van der Waals surface area contributed by atoms with Gasteiger partial charge in [0.05, 0.1) is 11.7 Å². The van der Waals surface area contributed by atoms with Gasteiger partial charge in [0.15, 0.2) is 5.76 Å². The monoisotopic (exact) mass is 328 g/mol. The van der Waals surface area contributed by atoms with Crippen molar-refractivity contribution in [2.24, 2.45) is 0 Å². The topological polar surface area (TPSA) is 55.6 Å². The summed E-state index contributed by atoms with van der Waals surface area (Å²) in [5, 5.41) is 4.17. The highest BCUT2D eigenvalue weighted by Gasteiger charge is 2.35. The van der Waals surface area contributed by atoms with E-state index in [4.69, 9.17) is 9.26 Å². The quantitative estimate of drug-likeness (QED) is 0.841. The van der Waals surface area contributed by atoms with Gasteiger partial charge in [-0.3, -0.25) is 4.90 Å². The van der Waals surface area contributed by atoms with Crippen molar-refractivity contribution in [3.8, 4) is 0 Å². The van der Waals surface area contributed by atoms with Crippen molar-refractivity contribution in [1.82, 2.24) is 10.1 Å². The van der Waals surface area contributed by atoms with Crippen molar-refractivity contribution < 1.29 is 14.1 Å². The minimum Gasteiger partial charge on any atom is -0.444 e. The highest BCUT2D eigenvalue weighted by molar-refractivity contribution is 5.69. The lowest BCUT2D eigenvalue weighted by Gasteiger charge is -2.27. The van der Waals surface area contributed by atoms with Crippen molar-refractivity contribution in [3.05, 3.63) is 53.4 Å². The maximum absolute atomic E-state index is 12.4. The number of carbonyl (C=O) groups is 1. The first-order chi connectivity index (χ1) is 11.4. The van der Waals surface area contributed by atoms with Crippen molar-refractivity contribution in [2.75, 3.05) is 6.54 Å². The van der Waals surface area contributed by atoms with Crippen LogP contribution in [0.5, 0.6) is 0 Å². The molecule has 1 unspecified atom stereocenters. The number of likely N-dealkylation sites (tertiary alicyclic amines) is 1. The fraction of sp³-hybridized carbons (Fsp3) is 0.474. The lowest BCUT2D eigenvalue weighted by molar-refractivity contribution is 0.0204. The van der Waals surface area contributed by atoms with Crippen LogP contribution in [0.3, 0.4) is 0 Å². The molecular formula is C19H24N2O3. The molecule has 5 heteroatoms. The normalized spacial score (nSPS) is 18.0. The summed E-state index contributed by atoms with van der Waals surface area (Å²) in [7, 11) is 0. The SMILES string of the molecule is CC(C)(C)OC(=O)N1CCCC1c1cc(Cc2ccccc2)no1. The predicted molar refractivity (Wildman–Crippen MR) is 90.7 cm³/mol. The fourth-order valence-electron chi connectivity index (χ4n) is 2.98. The van der Waals surface area contributed by atoms with Crippen molar-refractivity contribution in [3.63, 3.8) is 0 Å². The third-order valence-electron chi connectivity index (χ3n) is 4.01. The molecule has 128 valence electrons. The summed E-state index contributed by atoms with van der Waals surface area (Å²) in [5.74, 6) is 0.740. The van der Waals surface area contributed by atoms with Crippen LogP contribution in [0.2, 0.25) is 0 Å². The molecule has 1 atom stereocenters. The molecule has 0 bridgehead atoms. The van der Waals surface area contributed by atoms with E-state index in [2.05, 4.69) is 17.3 Å². The van der Waals surface area contributed by atoms with Crippen molar-refractivity contribution in [1.29, 1.82) is 0 Å². The Balaban J connectivity index is 1.70. The molecule has 1 aromatic carbocycles. The molecule has 2 heterocycles. The van der Waals surface area contributed by atoms with Crippen LogP contribution in [0.1, 0.15) is 56.7 Å². The number of rotatable bonds is 3. The average molecular weight is 328 g/mol. The Morgan fingerprint density at radius 1 is 1.33 bits per heavy atom. The highest BCUT2D eigenvalue weighted by Crippen LogP contribution is 2.33. The van der Waals surface area contributed by atoms with Gasteiger partial charge in [0, 0.05) is 19.0 Å². The molecule has 1 aliphatic heterocycles. The first-order valence-corrected chi connectivity index (χ1v) is 8.41. The van der Waals surface area contributed by atoms with Crippen LogP contribution < -0.4 is 0 Å². The van der Waals surface area contributed by atoms with Crippen LogP contribution in [0, 0.1) is 0 Å². The largest absolute Gasteiger partial charge is 0.444 e. The molecule has 0 saturated carbocycles. The smallest absolute Gasteiger partial charge is 0.410 e. The number of benzene rings is 1. The Bertz CT molecular complexity index is 688. The molecule has 0 radical (unpaired) electrons. The number of aromatic nitrogens is 1. The lowest BCUT2D eigenvalue weighted by Crippen LogP contribution is -2.36. The number of ether oxygens (including phenoxy) is 1. The molecule has 0 spiro atoms. The summed E-state index contributed by atoms with van der Waals surface area (Å²) in [6, 6.07) is 12.0. The third kappa shape index (κ3) is 3.96. The molecule has 5 nitrogen and oxygen atoms in total. The zero-order chi connectivity index (χ0) is 17.2. The molecular weight excluding hydrogens is 304 g/mol. The van der Waals surface area contributed by atoms with Gasteiger partial charge in [-0.15, -0.1) is 0 Å². The maximum Gasteiger partial charge on any atom is 0.410 e. The molecule has 0 N–H and O–H groups in total. The van der Waals surface area contributed by atoms with Crippen LogP contribution in [0.15, 0.2) is 40.9 Å². The molecule has 1 saturated heterocycles. The van der Waals surface area contributed by atoms with Crippen molar-refractivity contribution in [2.45, 2.75) is 51.7 Å². The van der Waals surface area contributed by atoms with E-state index in [1.54, 1.807) is 4.90 Å². The van der Waals surface area contributed by atoms with Gasteiger partial charge in [0.25, 0.3) is 0 Å². The van der Waals surface area contributed by atoms with E-state index >= 15 is 0 Å². The molecule has 1 fully saturated rings. The van der Waals surface area contributed by atoms with Crippen LogP contribution in [0.25, 0.3) is 0 Å². The zero-order valence-corrected chi connectivity index (χ0v) is 14.5. The maximum atomic E-state index is 12.4. The Morgan fingerprint density at radius 2 is 2.08 bits per heavy atom. The van der Waals surface area contributed by atoms with Gasteiger partial charge >= 0.3 is 6.09 Å². The van der Waals surface area contributed by atoms with Crippen LogP contribution >= 0.6 is 0 Å². The van der Waals surface area contributed by atoms with E-state index in [-0.39, 0.29) is 12.1 Å². The predicted octanol–water partition coefficient (Wildman–Crippen LogP) is 4.34. The summed E-state index contributed by atoms with van der Waals surface area (Å²) in [6.07, 6.45) is 2.26. The van der Waals surface area contributed by atoms with Gasteiger partial charge in [-0.25, -0.2) is 4.79 Å². The number of amides is 1. The first-order valence-electron chi connectivity index (χ1n) is 8.41. The van der Waals surface area contributed by atoms with Gasteiger partial charge < -0.3 is 9.26 Å². The zero-order valence-electron chi connectivity index (χ0n) is 14.5. The Hall–Kier alpha value is -2.30. The summed E-state index contributed by atoms with van der Waals surface area (Å²) in [5.41, 5.74) is 1.57. The van der Waals surface area contributed by atoms with E-state index in [1.807, 2.05) is 45.0 Å². The Labute approximate surface area is 142 Å². The van der Waals surface area contributed by atoms with Gasteiger partial charge in [0.2, 0.25) is 0 Å². The van der Waals surface area contributed by atoms with Crippen LogP contribution in [0.4, 0.5) is 4.79 Å². The van der Waals surface area contributed by atoms with Crippen molar-refractivity contribution >= 4 is 6.09 Å². The van der Waals surface area contributed by atoms with Crippen LogP contribution in [-0.2, 0) is 11.2 Å². The Kier molecular flexibility index (Phi) is 4.60.